The van der Waals surface area contributed by atoms with E-state index in [0.717, 1.165) is 12.1 Å². The summed E-state index contributed by atoms with van der Waals surface area (Å²) in [5.41, 5.74) is 1.36. The summed E-state index contributed by atoms with van der Waals surface area (Å²) in [4.78, 5) is 4.16. The Morgan fingerprint density at radius 1 is 1.29 bits per heavy atom. The lowest BCUT2D eigenvalue weighted by atomic mass is 9.84. The zero-order valence-electron chi connectivity index (χ0n) is 8.86. The van der Waals surface area contributed by atoms with Gasteiger partial charge in [-0.05, 0) is 24.0 Å². The van der Waals surface area contributed by atoms with Crippen LogP contribution in [0.25, 0.3) is 0 Å². The summed E-state index contributed by atoms with van der Waals surface area (Å²) in [7, 11) is -1.48. The fourth-order valence-corrected chi connectivity index (χ4v) is 1.28. The molecule has 0 aliphatic heterocycles. The second-order valence-electron chi connectivity index (χ2n) is 4.66. The minimum Gasteiger partial charge on any atom is -0.422 e. The monoisotopic (exact) mass is 193 g/mol. The van der Waals surface area contributed by atoms with Crippen LogP contribution in [0.3, 0.4) is 0 Å². The van der Waals surface area contributed by atoms with Crippen molar-refractivity contribution in [2.75, 3.05) is 0 Å². The molecule has 0 saturated heterocycles. The summed E-state index contributed by atoms with van der Waals surface area (Å²) < 4.78 is 0. The highest BCUT2D eigenvalue weighted by atomic mass is 16.4. The summed E-state index contributed by atoms with van der Waals surface area (Å²) in [5, 5.41) is 17.9. The third kappa shape index (κ3) is 3.48. The van der Waals surface area contributed by atoms with Crippen molar-refractivity contribution in [3.63, 3.8) is 0 Å². The summed E-state index contributed by atoms with van der Waals surface area (Å²) in [6.07, 6.45) is 0.827. The van der Waals surface area contributed by atoms with Gasteiger partial charge in [0.05, 0.1) is 5.59 Å². The van der Waals surface area contributed by atoms with Crippen molar-refractivity contribution >= 4 is 12.7 Å². The van der Waals surface area contributed by atoms with Crippen molar-refractivity contribution in [2.45, 2.75) is 27.2 Å². The Kier molecular flexibility index (Phi) is 3.29. The molecule has 0 aliphatic carbocycles. The van der Waals surface area contributed by atoms with E-state index in [-0.39, 0.29) is 5.41 Å². The molecule has 0 bridgehead atoms. The van der Waals surface area contributed by atoms with Crippen LogP contribution in [0.5, 0.6) is 0 Å². The lowest BCUT2D eigenvalue weighted by Gasteiger charge is -2.17. The van der Waals surface area contributed by atoms with E-state index in [9.17, 15) is 0 Å². The molecule has 2 N–H and O–H groups in total. The van der Waals surface area contributed by atoms with E-state index in [2.05, 4.69) is 25.8 Å². The van der Waals surface area contributed by atoms with Crippen LogP contribution in [-0.2, 0) is 6.42 Å². The minimum atomic E-state index is -1.48. The third-order valence-electron chi connectivity index (χ3n) is 1.80. The van der Waals surface area contributed by atoms with Crippen molar-refractivity contribution in [3.8, 4) is 0 Å². The molecule has 1 heterocycles. The van der Waals surface area contributed by atoms with E-state index < -0.39 is 7.12 Å². The highest BCUT2D eigenvalue weighted by Crippen LogP contribution is 2.18. The largest absolute Gasteiger partial charge is 0.508 e. The maximum atomic E-state index is 8.94. The molecular weight excluding hydrogens is 177 g/mol. The summed E-state index contributed by atoms with van der Waals surface area (Å²) in [6, 6.07) is 5.30. The zero-order chi connectivity index (χ0) is 10.8. The van der Waals surface area contributed by atoms with Crippen molar-refractivity contribution in [3.05, 3.63) is 23.9 Å². The van der Waals surface area contributed by atoms with Crippen LogP contribution in [0.15, 0.2) is 18.2 Å². The van der Waals surface area contributed by atoms with Crippen LogP contribution < -0.4 is 5.59 Å². The number of pyridine rings is 1. The molecule has 0 fully saturated rings. The summed E-state index contributed by atoms with van der Waals surface area (Å²) >= 11 is 0. The molecule has 3 nitrogen and oxygen atoms in total. The SMILES string of the molecule is CC(C)(C)Cc1cccc(B(O)O)n1. The normalized spacial score (nSPS) is 11.5. The molecule has 0 spiro atoms. The molecule has 0 unspecified atom stereocenters. The molecule has 0 atom stereocenters. The molecular formula is C10H16BNO2. The molecule has 1 rings (SSSR count). The van der Waals surface area contributed by atoms with Gasteiger partial charge in [0.25, 0.3) is 0 Å². The average Bonchev–Trinajstić information content (AvgIpc) is 2.01. The van der Waals surface area contributed by atoms with Crippen LogP contribution in [0.2, 0.25) is 0 Å². The van der Waals surface area contributed by atoms with Gasteiger partial charge in [-0.1, -0.05) is 26.8 Å². The van der Waals surface area contributed by atoms with Crippen molar-refractivity contribution < 1.29 is 10.0 Å². The van der Waals surface area contributed by atoms with Gasteiger partial charge >= 0.3 is 7.12 Å². The molecule has 4 heteroatoms. The van der Waals surface area contributed by atoms with E-state index in [1.165, 1.54) is 0 Å². The van der Waals surface area contributed by atoms with Crippen LogP contribution >= 0.6 is 0 Å². The Morgan fingerprint density at radius 3 is 2.43 bits per heavy atom. The molecule has 76 valence electrons. The van der Waals surface area contributed by atoms with Gasteiger partial charge in [0, 0.05) is 5.69 Å². The van der Waals surface area contributed by atoms with E-state index in [1.54, 1.807) is 12.1 Å². The number of rotatable bonds is 2. The molecule has 1 aromatic heterocycles. The van der Waals surface area contributed by atoms with Gasteiger partial charge < -0.3 is 10.0 Å². The third-order valence-corrected chi connectivity index (χ3v) is 1.80. The lowest BCUT2D eigenvalue weighted by Crippen LogP contribution is -2.33. The topological polar surface area (TPSA) is 53.4 Å². The predicted molar refractivity (Wildman–Crippen MR) is 57.2 cm³/mol. The van der Waals surface area contributed by atoms with E-state index in [0.29, 0.717) is 5.59 Å². The molecule has 1 aromatic rings. The van der Waals surface area contributed by atoms with Crippen LogP contribution in [0.4, 0.5) is 0 Å². The number of nitrogens with zero attached hydrogens (tertiary/aromatic N) is 1. The van der Waals surface area contributed by atoms with Gasteiger partial charge in [-0.15, -0.1) is 0 Å². The maximum Gasteiger partial charge on any atom is 0.508 e. The van der Waals surface area contributed by atoms with Crippen molar-refractivity contribution in [1.29, 1.82) is 0 Å². The van der Waals surface area contributed by atoms with Crippen molar-refractivity contribution in [1.82, 2.24) is 4.98 Å². The molecule has 0 aliphatic rings. The van der Waals surface area contributed by atoms with Gasteiger partial charge in [-0.25, -0.2) is 0 Å². The van der Waals surface area contributed by atoms with E-state index in [1.807, 2.05) is 6.07 Å². The maximum absolute atomic E-state index is 8.94. The molecule has 14 heavy (non-hydrogen) atoms. The van der Waals surface area contributed by atoms with Gasteiger partial charge in [0.15, 0.2) is 0 Å². The lowest BCUT2D eigenvalue weighted by molar-refractivity contribution is 0.404. The molecule has 0 radical (unpaired) electrons. The Labute approximate surface area is 85.0 Å². The first-order valence-corrected chi connectivity index (χ1v) is 4.70. The van der Waals surface area contributed by atoms with Gasteiger partial charge in [0.1, 0.15) is 0 Å². The highest BCUT2D eigenvalue weighted by molar-refractivity contribution is 6.57. The standard InChI is InChI=1S/C10H16BNO2/c1-10(2,3)7-8-5-4-6-9(12-8)11(13)14/h4-6,13-14H,7H2,1-3H3. The van der Waals surface area contributed by atoms with Crippen LogP contribution in [0, 0.1) is 5.41 Å². The Bertz CT molecular complexity index is 307. The summed E-state index contributed by atoms with van der Waals surface area (Å²) in [5.74, 6) is 0. The van der Waals surface area contributed by atoms with Crippen molar-refractivity contribution in [2.24, 2.45) is 5.41 Å². The van der Waals surface area contributed by atoms with Gasteiger partial charge in [-0.3, -0.25) is 4.98 Å². The minimum absolute atomic E-state index is 0.159. The first-order chi connectivity index (χ1) is 6.38. The Morgan fingerprint density at radius 2 is 1.93 bits per heavy atom. The van der Waals surface area contributed by atoms with Gasteiger partial charge in [0.2, 0.25) is 0 Å². The fraction of sp³-hybridized carbons (Fsp3) is 0.500. The number of aromatic nitrogens is 1. The highest BCUT2D eigenvalue weighted by Gasteiger charge is 2.16. The second-order valence-corrected chi connectivity index (χ2v) is 4.66. The summed E-state index contributed by atoms with van der Waals surface area (Å²) in [6.45, 7) is 6.37. The average molecular weight is 193 g/mol. The van der Waals surface area contributed by atoms with E-state index >= 15 is 0 Å². The molecule has 0 saturated carbocycles. The molecule has 0 aromatic carbocycles. The zero-order valence-corrected chi connectivity index (χ0v) is 8.86. The Hall–Kier alpha value is -0.865. The fourth-order valence-electron chi connectivity index (χ4n) is 1.28. The van der Waals surface area contributed by atoms with Gasteiger partial charge in [-0.2, -0.15) is 0 Å². The Balaban J connectivity index is 2.84. The van der Waals surface area contributed by atoms with Crippen LogP contribution in [0.1, 0.15) is 26.5 Å². The van der Waals surface area contributed by atoms with E-state index in [4.69, 9.17) is 10.0 Å². The first kappa shape index (κ1) is 11.2. The number of hydrogen-bond acceptors (Lipinski definition) is 3. The number of hydrogen-bond donors (Lipinski definition) is 2. The smallest absolute Gasteiger partial charge is 0.422 e. The quantitative estimate of drug-likeness (QED) is 0.666. The van der Waals surface area contributed by atoms with Crippen LogP contribution in [-0.4, -0.2) is 22.2 Å². The second kappa shape index (κ2) is 4.11. The first-order valence-electron chi connectivity index (χ1n) is 4.70. The molecule has 0 amide bonds. The predicted octanol–water partition coefficient (Wildman–Crippen LogP) is 0.350.